The Morgan fingerprint density at radius 3 is 2.54 bits per heavy atom. The summed E-state index contributed by atoms with van der Waals surface area (Å²) in [5.74, 6) is -2.60. The lowest BCUT2D eigenvalue weighted by Crippen LogP contribution is -2.39. The summed E-state index contributed by atoms with van der Waals surface area (Å²) in [4.78, 5) is 40.0. The Morgan fingerprint density at radius 1 is 1.23 bits per heavy atom. The van der Waals surface area contributed by atoms with Gasteiger partial charge >= 0.3 is 5.97 Å². The van der Waals surface area contributed by atoms with E-state index in [4.69, 9.17) is 22.1 Å². The number of hydrogen-bond acceptors (Lipinski definition) is 7. The number of thioether (sulfide) groups is 1. The van der Waals surface area contributed by atoms with Crippen molar-refractivity contribution in [1.29, 1.82) is 5.26 Å². The number of carbonyl (C=O) groups excluding carboxylic acids is 3. The molecular formula is C25H21ClN4O4S. The summed E-state index contributed by atoms with van der Waals surface area (Å²) >= 11 is 7.53. The van der Waals surface area contributed by atoms with E-state index < -0.39 is 29.0 Å². The smallest absolute Gasteiger partial charge is 0.307 e. The highest BCUT2D eigenvalue weighted by Gasteiger charge is 2.48. The molecular weight excluding hydrogens is 488 g/mol. The maximum absolute atomic E-state index is 13.7. The number of nitrogens with zero attached hydrogens (tertiary/aromatic N) is 2. The molecule has 2 aromatic carbocycles. The van der Waals surface area contributed by atoms with Gasteiger partial charge < -0.3 is 15.8 Å². The van der Waals surface area contributed by atoms with Crippen LogP contribution < -0.4 is 11.1 Å². The quantitative estimate of drug-likeness (QED) is 0.588. The van der Waals surface area contributed by atoms with Gasteiger partial charge in [-0.1, -0.05) is 59.3 Å². The van der Waals surface area contributed by atoms with Crippen molar-refractivity contribution in [3.05, 3.63) is 86.7 Å². The number of fused-ring (bicyclic) bond motifs is 1. The minimum absolute atomic E-state index is 0.0172. The molecule has 0 radical (unpaired) electrons. The maximum atomic E-state index is 13.7. The Labute approximate surface area is 211 Å². The molecule has 4 rings (SSSR count). The van der Waals surface area contributed by atoms with Crippen LogP contribution in [0.15, 0.2) is 70.5 Å². The van der Waals surface area contributed by atoms with E-state index in [1.807, 2.05) is 19.1 Å². The van der Waals surface area contributed by atoms with Crippen molar-refractivity contribution in [2.75, 3.05) is 12.4 Å². The van der Waals surface area contributed by atoms with Crippen molar-refractivity contribution in [3.63, 3.8) is 0 Å². The number of ether oxygens (including phenoxy) is 1. The van der Waals surface area contributed by atoms with Gasteiger partial charge in [-0.2, -0.15) is 5.26 Å². The zero-order valence-corrected chi connectivity index (χ0v) is 20.4. The van der Waals surface area contributed by atoms with E-state index >= 15 is 0 Å². The summed E-state index contributed by atoms with van der Waals surface area (Å²) in [5.41, 5.74) is 8.55. The average Bonchev–Trinajstić information content (AvgIpc) is 3.16. The number of benzene rings is 2. The summed E-state index contributed by atoms with van der Waals surface area (Å²) in [6.45, 7) is 1.93. The number of aryl methyl sites for hydroxylation is 1. The van der Waals surface area contributed by atoms with Crippen molar-refractivity contribution in [2.24, 2.45) is 5.73 Å². The molecule has 0 aliphatic carbocycles. The van der Waals surface area contributed by atoms with Crippen LogP contribution in [0.2, 0.25) is 5.02 Å². The lowest BCUT2D eigenvalue weighted by atomic mass is 9.82. The maximum Gasteiger partial charge on any atom is 0.307 e. The highest BCUT2D eigenvalue weighted by molar-refractivity contribution is 8.04. The number of methoxy groups -OCH3 is 1. The normalized spacial score (nSPS) is 19.4. The SMILES string of the molecule is COC(=O)C[C@@H]1SC2=C(C(=O)Nc3ccc(C)cc3)[C@H](c3ccccc3Cl)C(C#N)=C(N)N2C1=O. The average molecular weight is 509 g/mol. The fraction of sp³-hybridized carbons (Fsp3) is 0.200. The van der Waals surface area contributed by atoms with Crippen LogP contribution in [0.3, 0.4) is 0 Å². The Bertz CT molecular complexity index is 1330. The van der Waals surface area contributed by atoms with Crippen molar-refractivity contribution in [1.82, 2.24) is 4.90 Å². The lowest BCUT2D eigenvalue weighted by Gasteiger charge is -2.32. The largest absolute Gasteiger partial charge is 0.469 e. The van der Waals surface area contributed by atoms with E-state index in [2.05, 4.69) is 11.4 Å². The van der Waals surface area contributed by atoms with E-state index in [9.17, 15) is 19.6 Å². The van der Waals surface area contributed by atoms with Gasteiger partial charge in [-0.3, -0.25) is 19.3 Å². The molecule has 2 aromatic rings. The number of rotatable bonds is 5. The summed E-state index contributed by atoms with van der Waals surface area (Å²) in [6.07, 6.45) is -0.210. The van der Waals surface area contributed by atoms with Crippen molar-refractivity contribution in [3.8, 4) is 6.07 Å². The first-order chi connectivity index (χ1) is 16.8. The number of allylic oxidation sites excluding steroid dienone is 1. The second-order valence-electron chi connectivity index (χ2n) is 7.96. The number of nitrogens with one attached hydrogen (secondary N) is 1. The van der Waals surface area contributed by atoms with E-state index in [0.29, 0.717) is 16.3 Å². The van der Waals surface area contributed by atoms with Crippen LogP contribution in [-0.4, -0.2) is 35.0 Å². The van der Waals surface area contributed by atoms with Gasteiger partial charge in [-0.15, -0.1) is 0 Å². The summed E-state index contributed by atoms with van der Waals surface area (Å²) in [6, 6.07) is 16.1. The number of nitriles is 1. The van der Waals surface area contributed by atoms with Gasteiger partial charge in [-0.05, 0) is 30.7 Å². The Hall–Kier alpha value is -3.74. The molecule has 0 spiro atoms. The van der Waals surface area contributed by atoms with Crippen LogP contribution in [0.1, 0.15) is 23.5 Å². The minimum atomic E-state index is -0.914. The predicted molar refractivity (Wildman–Crippen MR) is 133 cm³/mol. The van der Waals surface area contributed by atoms with Crippen LogP contribution in [0.4, 0.5) is 5.69 Å². The molecule has 178 valence electrons. The van der Waals surface area contributed by atoms with E-state index in [-0.39, 0.29) is 28.4 Å². The van der Waals surface area contributed by atoms with Crippen molar-refractivity contribution in [2.45, 2.75) is 24.5 Å². The number of nitrogens with two attached hydrogens (primary N) is 1. The zero-order valence-electron chi connectivity index (χ0n) is 18.9. The number of hydrogen-bond donors (Lipinski definition) is 2. The van der Waals surface area contributed by atoms with Gasteiger partial charge in [0.25, 0.3) is 5.91 Å². The summed E-state index contributed by atoms with van der Waals surface area (Å²) in [5, 5.41) is 12.7. The lowest BCUT2D eigenvalue weighted by molar-refractivity contribution is -0.142. The van der Waals surface area contributed by atoms with Crippen LogP contribution >= 0.6 is 23.4 Å². The molecule has 10 heteroatoms. The van der Waals surface area contributed by atoms with E-state index in [1.54, 1.807) is 36.4 Å². The molecule has 1 saturated heterocycles. The number of esters is 1. The molecule has 8 nitrogen and oxygen atoms in total. The molecule has 0 saturated carbocycles. The minimum Gasteiger partial charge on any atom is -0.469 e. The second-order valence-corrected chi connectivity index (χ2v) is 9.56. The van der Waals surface area contributed by atoms with Gasteiger partial charge in [0.1, 0.15) is 11.1 Å². The predicted octanol–water partition coefficient (Wildman–Crippen LogP) is 3.80. The van der Waals surface area contributed by atoms with Crippen LogP contribution in [0, 0.1) is 18.3 Å². The molecule has 2 amide bonds. The highest BCUT2D eigenvalue weighted by atomic mass is 35.5. The standard InChI is InChI=1S/C25H21ClN4O4S/c1-13-7-9-14(10-8-13)29-23(32)21-20(15-5-3-4-6-17(15)26)16(12-27)22(28)30-24(33)18(35-25(21)30)11-19(31)34-2/h3-10,18,20H,11,28H2,1-2H3,(H,29,32)/t18-,20+/m0/s1. The van der Waals surface area contributed by atoms with Crippen molar-refractivity contribution < 1.29 is 19.1 Å². The van der Waals surface area contributed by atoms with Gasteiger partial charge in [0.15, 0.2) is 0 Å². The molecule has 2 aliphatic rings. The number of halogens is 1. The Kier molecular flexibility index (Phi) is 6.87. The Balaban J connectivity index is 1.89. The summed E-state index contributed by atoms with van der Waals surface area (Å²) in [7, 11) is 1.23. The number of amides is 2. The van der Waals surface area contributed by atoms with Crippen LogP contribution in [-0.2, 0) is 19.1 Å². The third kappa shape index (κ3) is 4.50. The third-order valence-corrected chi connectivity index (χ3v) is 7.37. The van der Waals surface area contributed by atoms with E-state index in [0.717, 1.165) is 22.2 Å². The second kappa shape index (κ2) is 9.86. The van der Waals surface area contributed by atoms with Crippen LogP contribution in [0.25, 0.3) is 0 Å². The first kappa shape index (κ1) is 24.4. The topological polar surface area (TPSA) is 126 Å². The fourth-order valence-corrected chi connectivity index (χ4v) is 5.57. The number of anilines is 1. The molecule has 0 unspecified atom stereocenters. The first-order valence-electron chi connectivity index (χ1n) is 10.6. The summed E-state index contributed by atoms with van der Waals surface area (Å²) < 4.78 is 4.72. The molecule has 2 aliphatic heterocycles. The van der Waals surface area contributed by atoms with Gasteiger partial charge in [0.2, 0.25) is 5.91 Å². The zero-order chi connectivity index (χ0) is 25.3. The monoisotopic (exact) mass is 508 g/mol. The fourth-order valence-electron chi connectivity index (χ4n) is 4.00. The van der Waals surface area contributed by atoms with Gasteiger partial charge in [-0.25, -0.2) is 0 Å². The Morgan fingerprint density at radius 2 is 1.91 bits per heavy atom. The van der Waals surface area contributed by atoms with Gasteiger partial charge in [0, 0.05) is 10.7 Å². The molecule has 3 N–H and O–H groups in total. The third-order valence-electron chi connectivity index (χ3n) is 5.75. The molecule has 2 heterocycles. The van der Waals surface area contributed by atoms with E-state index in [1.165, 1.54) is 7.11 Å². The van der Waals surface area contributed by atoms with Gasteiger partial charge in [0.05, 0.1) is 41.7 Å². The first-order valence-corrected chi connectivity index (χ1v) is 11.9. The molecule has 0 aromatic heterocycles. The molecule has 0 bridgehead atoms. The van der Waals surface area contributed by atoms with Crippen molar-refractivity contribution >= 4 is 46.8 Å². The molecule has 2 atom stereocenters. The molecule has 35 heavy (non-hydrogen) atoms. The molecule has 1 fully saturated rings. The number of carbonyl (C=O) groups is 3. The highest BCUT2D eigenvalue weighted by Crippen LogP contribution is 2.50. The van der Waals surface area contributed by atoms with Crippen LogP contribution in [0.5, 0.6) is 0 Å².